The Morgan fingerprint density at radius 2 is 1.95 bits per heavy atom. The Kier molecular flexibility index (Phi) is 5.63. The summed E-state index contributed by atoms with van der Waals surface area (Å²) in [6, 6.07) is 5.12. The van der Waals surface area contributed by atoms with Gasteiger partial charge in [-0.25, -0.2) is 0 Å². The van der Waals surface area contributed by atoms with Crippen LogP contribution in [0, 0.1) is 0 Å². The van der Waals surface area contributed by atoms with E-state index in [4.69, 9.17) is 10.5 Å². The van der Waals surface area contributed by atoms with Crippen LogP contribution in [0.3, 0.4) is 0 Å². The lowest BCUT2D eigenvalue weighted by molar-refractivity contribution is 0.0827. The molecule has 0 saturated heterocycles. The van der Waals surface area contributed by atoms with Crippen molar-refractivity contribution in [1.82, 2.24) is 9.80 Å². The van der Waals surface area contributed by atoms with Gasteiger partial charge in [0.25, 0.3) is 5.91 Å². The van der Waals surface area contributed by atoms with Gasteiger partial charge in [-0.1, -0.05) is 0 Å². The van der Waals surface area contributed by atoms with Crippen molar-refractivity contribution in [2.24, 2.45) is 0 Å². The topological polar surface area (TPSA) is 58.8 Å². The predicted molar refractivity (Wildman–Crippen MR) is 77.5 cm³/mol. The fourth-order valence-corrected chi connectivity index (χ4v) is 1.61. The highest BCUT2D eigenvalue weighted by atomic mass is 16.5. The molecule has 0 aliphatic rings. The molecule has 5 nitrogen and oxygen atoms in total. The number of benzene rings is 1. The molecule has 0 fully saturated rings. The predicted octanol–water partition coefficient (Wildman–Crippen LogP) is 1.30. The summed E-state index contributed by atoms with van der Waals surface area (Å²) in [6.07, 6.45) is 0.915. The Balaban J connectivity index is 2.67. The molecule has 0 atom stereocenters. The summed E-state index contributed by atoms with van der Waals surface area (Å²) in [5.74, 6) is 0.518. The van der Waals surface area contributed by atoms with Gasteiger partial charge in [0, 0.05) is 26.2 Å². The van der Waals surface area contributed by atoms with E-state index >= 15 is 0 Å². The average Bonchev–Trinajstić information content (AvgIpc) is 2.35. The van der Waals surface area contributed by atoms with Gasteiger partial charge in [-0.2, -0.15) is 0 Å². The van der Waals surface area contributed by atoms with Crippen molar-refractivity contribution in [3.63, 3.8) is 0 Å². The molecule has 0 unspecified atom stereocenters. The second kappa shape index (κ2) is 6.99. The second-order valence-corrected chi connectivity index (χ2v) is 4.96. The van der Waals surface area contributed by atoms with E-state index in [0.717, 1.165) is 13.0 Å². The van der Waals surface area contributed by atoms with Gasteiger partial charge in [-0.05, 0) is 38.7 Å². The number of hydrogen-bond acceptors (Lipinski definition) is 4. The van der Waals surface area contributed by atoms with Gasteiger partial charge in [-0.3, -0.25) is 4.79 Å². The third kappa shape index (κ3) is 4.79. The molecule has 0 spiro atoms. The number of anilines is 1. The number of hydrogen-bond donors (Lipinski definition) is 1. The van der Waals surface area contributed by atoms with Crippen LogP contribution in [0.1, 0.15) is 16.8 Å². The monoisotopic (exact) mass is 265 g/mol. The standard InChI is InChI=1S/C14H23N3O2/c1-16(2)8-5-9-19-13-10-11(6-7-12(13)15)14(18)17(3)4/h6-7,10H,5,8-9,15H2,1-4H3. The highest BCUT2D eigenvalue weighted by Gasteiger charge is 2.10. The van der Waals surface area contributed by atoms with Gasteiger partial charge < -0.3 is 20.3 Å². The van der Waals surface area contributed by atoms with Crippen molar-refractivity contribution in [2.75, 3.05) is 47.1 Å². The van der Waals surface area contributed by atoms with Gasteiger partial charge in [0.15, 0.2) is 0 Å². The molecule has 0 aliphatic carbocycles. The molecule has 1 aromatic rings. The zero-order valence-corrected chi connectivity index (χ0v) is 12.1. The molecule has 0 radical (unpaired) electrons. The smallest absolute Gasteiger partial charge is 0.253 e. The first-order chi connectivity index (χ1) is 8.91. The Bertz CT molecular complexity index is 431. The molecule has 19 heavy (non-hydrogen) atoms. The molecular weight excluding hydrogens is 242 g/mol. The highest BCUT2D eigenvalue weighted by Crippen LogP contribution is 2.23. The van der Waals surface area contributed by atoms with Crippen LogP contribution in [0.5, 0.6) is 5.75 Å². The van der Waals surface area contributed by atoms with Gasteiger partial charge in [0.2, 0.25) is 0 Å². The number of nitrogens with zero attached hydrogens (tertiary/aromatic N) is 2. The minimum atomic E-state index is -0.0573. The Hall–Kier alpha value is -1.75. The summed E-state index contributed by atoms with van der Waals surface area (Å²) in [7, 11) is 7.47. The fourth-order valence-electron chi connectivity index (χ4n) is 1.61. The number of carbonyl (C=O) groups excluding carboxylic acids is 1. The molecule has 106 valence electrons. The maximum Gasteiger partial charge on any atom is 0.253 e. The SMILES string of the molecule is CN(C)CCCOc1cc(C(=O)N(C)C)ccc1N. The lowest BCUT2D eigenvalue weighted by Gasteiger charge is -2.14. The summed E-state index contributed by atoms with van der Waals surface area (Å²) in [6.45, 7) is 1.54. The van der Waals surface area contributed by atoms with Crippen LogP contribution in [0.4, 0.5) is 5.69 Å². The van der Waals surface area contributed by atoms with Crippen molar-refractivity contribution in [3.05, 3.63) is 23.8 Å². The van der Waals surface area contributed by atoms with E-state index in [2.05, 4.69) is 4.90 Å². The van der Waals surface area contributed by atoms with Gasteiger partial charge >= 0.3 is 0 Å². The number of ether oxygens (including phenoxy) is 1. The average molecular weight is 265 g/mol. The van der Waals surface area contributed by atoms with Crippen molar-refractivity contribution in [2.45, 2.75) is 6.42 Å². The molecule has 0 aromatic heterocycles. The van der Waals surface area contributed by atoms with Crippen LogP contribution in [-0.2, 0) is 0 Å². The largest absolute Gasteiger partial charge is 0.491 e. The molecular formula is C14H23N3O2. The summed E-state index contributed by atoms with van der Waals surface area (Å²) in [5, 5.41) is 0. The first kappa shape index (κ1) is 15.3. The summed E-state index contributed by atoms with van der Waals surface area (Å²) >= 11 is 0. The Morgan fingerprint density at radius 1 is 1.26 bits per heavy atom. The molecule has 0 aliphatic heterocycles. The molecule has 1 aromatic carbocycles. The number of amides is 1. The first-order valence-electron chi connectivity index (χ1n) is 6.30. The van der Waals surface area contributed by atoms with Crippen LogP contribution in [0.2, 0.25) is 0 Å². The number of nitrogen functional groups attached to an aromatic ring is 1. The summed E-state index contributed by atoms with van der Waals surface area (Å²) < 4.78 is 5.64. The van der Waals surface area contributed by atoms with Crippen LogP contribution < -0.4 is 10.5 Å². The van der Waals surface area contributed by atoms with Crippen LogP contribution in [0.25, 0.3) is 0 Å². The first-order valence-corrected chi connectivity index (χ1v) is 6.30. The molecule has 5 heteroatoms. The molecule has 1 amide bonds. The van der Waals surface area contributed by atoms with E-state index in [1.165, 1.54) is 4.90 Å². The van der Waals surface area contributed by atoms with E-state index < -0.39 is 0 Å². The van der Waals surface area contributed by atoms with Crippen LogP contribution in [-0.4, -0.2) is 57.0 Å². The van der Waals surface area contributed by atoms with Crippen molar-refractivity contribution in [3.8, 4) is 5.75 Å². The van der Waals surface area contributed by atoms with Crippen LogP contribution in [0.15, 0.2) is 18.2 Å². The fraction of sp³-hybridized carbons (Fsp3) is 0.500. The lowest BCUT2D eigenvalue weighted by Crippen LogP contribution is -2.21. The molecule has 2 N–H and O–H groups in total. The molecule has 0 bridgehead atoms. The second-order valence-electron chi connectivity index (χ2n) is 4.96. The Morgan fingerprint density at radius 3 is 2.53 bits per heavy atom. The molecule has 1 rings (SSSR count). The Labute approximate surface area is 114 Å². The maximum atomic E-state index is 11.9. The zero-order valence-electron chi connectivity index (χ0n) is 12.1. The lowest BCUT2D eigenvalue weighted by atomic mass is 10.1. The molecule has 0 heterocycles. The minimum absolute atomic E-state index is 0.0573. The van der Waals surface area contributed by atoms with Gasteiger partial charge in [0.05, 0.1) is 12.3 Å². The van der Waals surface area contributed by atoms with E-state index in [9.17, 15) is 4.79 Å². The van der Waals surface area contributed by atoms with E-state index in [-0.39, 0.29) is 5.91 Å². The number of carbonyl (C=O) groups is 1. The number of nitrogens with two attached hydrogens (primary N) is 1. The van der Waals surface area contributed by atoms with Gasteiger partial charge in [-0.15, -0.1) is 0 Å². The van der Waals surface area contributed by atoms with Crippen molar-refractivity contribution >= 4 is 11.6 Å². The quantitative estimate of drug-likeness (QED) is 0.622. The molecule has 0 saturated carbocycles. The van der Waals surface area contributed by atoms with E-state index in [1.54, 1.807) is 32.3 Å². The van der Waals surface area contributed by atoms with E-state index in [0.29, 0.717) is 23.6 Å². The maximum absolute atomic E-state index is 11.9. The van der Waals surface area contributed by atoms with Crippen molar-refractivity contribution in [1.29, 1.82) is 0 Å². The summed E-state index contributed by atoms with van der Waals surface area (Å²) in [5.41, 5.74) is 6.99. The normalized spacial score (nSPS) is 10.6. The van der Waals surface area contributed by atoms with Crippen molar-refractivity contribution < 1.29 is 9.53 Å². The van der Waals surface area contributed by atoms with E-state index in [1.807, 2.05) is 14.1 Å². The zero-order chi connectivity index (χ0) is 14.4. The highest BCUT2D eigenvalue weighted by molar-refractivity contribution is 5.94. The minimum Gasteiger partial charge on any atom is -0.491 e. The summed E-state index contributed by atoms with van der Waals surface area (Å²) in [4.78, 5) is 15.5. The number of rotatable bonds is 6. The van der Waals surface area contributed by atoms with Crippen LogP contribution >= 0.6 is 0 Å². The third-order valence-electron chi connectivity index (χ3n) is 2.67. The third-order valence-corrected chi connectivity index (χ3v) is 2.67. The van der Waals surface area contributed by atoms with Gasteiger partial charge in [0.1, 0.15) is 5.75 Å².